The van der Waals surface area contributed by atoms with Crippen molar-refractivity contribution in [3.05, 3.63) is 0 Å². The Morgan fingerprint density at radius 3 is 2.05 bits per heavy atom. The number of nitrogens with zero attached hydrogens (tertiary/aromatic N) is 2. The zero-order valence-electron chi connectivity index (χ0n) is 27.6. The Balaban J connectivity index is 1.67. The van der Waals surface area contributed by atoms with Crippen molar-refractivity contribution in [2.75, 3.05) is 32.4 Å². The zero-order chi connectivity index (χ0) is 32.1. The molecule has 3 rings (SSSR count). The van der Waals surface area contributed by atoms with E-state index < -0.39 is 28.1 Å². The van der Waals surface area contributed by atoms with Gasteiger partial charge in [0, 0.05) is 44.4 Å². The highest BCUT2D eigenvalue weighted by atomic mass is 32.2. The Bertz CT molecular complexity index is 1030. The van der Waals surface area contributed by atoms with Crippen LogP contribution in [0.1, 0.15) is 117 Å². The maximum absolute atomic E-state index is 13.8. The second-order valence-electron chi connectivity index (χ2n) is 14.0. The van der Waals surface area contributed by atoms with Crippen molar-refractivity contribution in [3.8, 4) is 12.3 Å². The lowest BCUT2D eigenvalue weighted by Crippen LogP contribution is -2.53. The molecule has 2 amide bonds. The summed E-state index contributed by atoms with van der Waals surface area (Å²) in [4.78, 5) is 31.8. The Morgan fingerprint density at radius 1 is 0.909 bits per heavy atom. The quantitative estimate of drug-likeness (QED) is 0.170. The third kappa shape index (κ3) is 11.9. The second-order valence-corrected chi connectivity index (χ2v) is 15.7. The molecule has 0 aromatic carbocycles. The number of hydrogen-bond donors (Lipinski definition) is 3. The first kappa shape index (κ1) is 36.8. The Kier molecular flexibility index (Phi) is 15.4. The highest BCUT2D eigenvalue weighted by Crippen LogP contribution is 2.35. The summed E-state index contributed by atoms with van der Waals surface area (Å²) in [6, 6.07) is -0.520. The predicted molar refractivity (Wildman–Crippen MR) is 176 cm³/mol. The van der Waals surface area contributed by atoms with E-state index in [4.69, 9.17) is 6.42 Å². The average molecular weight is 637 g/mol. The van der Waals surface area contributed by atoms with Crippen LogP contribution in [0.15, 0.2) is 0 Å². The molecular weight excluding hydrogens is 576 g/mol. The van der Waals surface area contributed by atoms with Crippen LogP contribution < -0.4 is 10.1 Å². The molecule has 0 aromatic rings. The maximum atomic E-state index is 13.8. The van der Waals surface area contributed by atoms with Crippen LogP contribution in [0.25, 0.3) is 0 Å². The standard InChI is InChI=1S/C34H60N4O5S/c1-5-18-38(19-6-2)34(41)30-21-26(7-3)20-29(23-30)33(40)35-31(22-27-14-10-8-11-15-27)32(39)24-37(4)36-44(42,43)25-28-16-12-9-13-17-28/h3,26-32,36,39H,5-6,8-25H2,1-2,4H3,(H,35,40). The van der Waals surface area contributed by atoms with Gasteiger partial charge in [-0.1, -0.05) is 65.2 Å². The molecule has 3 aliphatic carbocycles. The number of aliphatic hydroxyl groups excluding tert-OH is 1. The van der Waals surface area contributed by atoms with Gasteiger partial charge in [-0.3, -0.25) is 9.59 Å². The van der Waals surface area contributed by atoms with Crippen molar-refractivity contribution in [1.82, 2.24) is 20.1 Å². The number of sulfonamides is 1. The van der Waals surface area contributed by atoms with Crippen LogP contribution in [-0.2, 0) is 19.6 Å². The minimum Gasteiger partial charge on any atom is -0.390 e. The first-order chi connectivity index (χ1) is 21.0. The van der Waals surface area contributed by atoms with E-state index in [1.54, 1.807) is 7.05 Å². The summed E-state index contributed by atoms with van der Waals surface area (Å²) in [7, 11) is -1.90. The highest BCUT2D eigenvalue weighted by Gasteiger charge is 2.38. The zero-order valence-corrected chi connectivity index (χ0v) is 28.5. The topological polar surface area (TPSA) is 119 Å². The van der Waals surface area contributed by atoms with E-state index in [1.165, 1.54) is 17.9 Å². The summed E-state index contributed by atoms with van der Waals surface area (Å²) in [5.41, 5.74) is 0. The molecule has 10 heteroatoms. The minimum atomic E-state index is -3.54. The van der Waals surface area contributed by atoms with E-state index in [2.05, 4.69) is 29.9 Å². The van der Waals surface area contributed by atoms with E-state index in [0.29, 0.717) is 44.7 Å². The van der Waals surface area contributed by atoms with E-state index in [1.807, 2.05) is 4.90 Å². The summed E-state index contributed by atoms with van der Waals surface area (Å²) in [5, 5.41) is 16.0. The van der Waals surface area contributed by atoms with Gasteiger partial charge in [0.2, 0.25) is 21.8 Å². The van der Waals surface area contributed by atoms with E-state index in [-0.39, 0.29) is 41.9 Å². The summed E-state index contributed by atoms with van der Waals surface area (Å²) >= 11 is 0. The predicted octanol–water partition coefficient (Wildman–Crippen LogP) is 4.46. The van der Waals surface area contributed by atoms with Crippen LogP contribution in [0.5, 0.6) is 0 Å². The van der Waals surface area contributed by atoms with Gasteiger partial charge in [-0.05, 0) is 63.2 Å². The van der Waals surface area contributed by atoms with Crippen molar-refractivity contribution >= 4 is 21.8 Å². The fourth-order valence-electron chi connectivity index (χ4n) is 7.78. The van der Waals surface area contributed by atoms with Crippen LogP contribution in [0, 0.1) is 41.9 Å². The molecule has 252 valence electrons. The molecule has 0 heterocycles. The van der Waals surface area contributed by atoms with Gasteiger partial charge in [-0.25, -0.2) is 13.4 Å². The fraction of sp³-hybridized carbons (Fsp3) is 0.882. The van der Waals surface area contributed by atoms with Crippen molar-refractivity contribution in [3.63, 3.8) is 0 Å². The fourth-order valence-corrected chi connectivity index (χ4v) is 9.36. The number of rotatable bonds is 16. The van der Waals surface area contributed by atoms with Gasteiger partial charge in [0.15, 0.2) is 0 Å². The van der Waals surface area contributed by atoms with Crippen LogP contribution in [0.2, 0.25) is 0 Å². The van der Waals surface area contributed by atoms with Crippen molar-refractivity contribution < 1.29 is 23.1 Å². The Hall–Kier alpha value is -1.67. The number of likely N-dealkylation sites (N-methyl/N-ethyl adjacent to an activating group) is 1. The third-order valence-corrected chi connectivity index (χ3v) is 11.5. The third-order valence-electron chi connectivity index (χ3n) is 10.0. The number of terminal acetylenes is 1. The smallest absolute Gasteiger partial charge is 0.225 e. The molecule has 0 aromatic heterocycles. The summed E-state index contributed by atoms with van der Waals surface area (Å²) < 4.78 is 25.8. The first-order valence-electron chi connectivity index (χ1n) is 17.5. The number of carbonyl (C=O) groups excluding carboxylic acids is 2. The molecule has 0 bridgehead atoms. The molecule has 5 unspecified atom stereocenters. The molecule has 3 fully saturated rings. The van der Waals surface area contributed by atoms with E-state index >= 15 is 0 Å². The molecule has 0 radical (unpaired) electrons. The lowest BCUT2D eigenvalue weighted by Gasteiger charge is -2.36. The van der Waals surface area contributed by atoms with Crippen molar-refractivity contribution in [2.24, 2.45) is 29.6 Å². The van der Waals surface area contributed by atoms with Crippen molar-refractivity contribution in [2.45, 2.75) is 129 Å². The molecule has 0 aliphatic heterocycles. The largest absolute Gasteiger partial charge is 0.390 e. The van der Waals surface area contributed by atoms with Gasteiger partial charge in [-0.15, -0.1) is 17.2 Å². The van der Waals surface area contributed by atoms with Crippen LogP contribution in [-0.4, -0.2) is 79.8 Å². The minimum absolute atomic E-state index is 0.0588. The molecule has 0 spiro atoms. The van der Waals surface area contributed by atoms with Crippen LogP contribution in [0.4, 0.5) is 0 Å². The monoisotopic (exact) mass is 636 g/mol. The molecule has 3 saturated carbocycles. The van der Waals surface area contributed by atoms with Crippen LogP contribution >= 0.6 is 0 Å². The van der Waals surface area contributed by atoms with Gasteiger partial charge in [0.25, 0.3) is 0 Å². The normalized spacial score (nSPS) is 25.2. The summed E-state index contributed by atoms with van der Waals surface area (Å²) in [6.07, 6.45) is 19.7. The van der Waals surface area contributed by atoms with Gasteiger partial charge in [0.05, 0.1) is 17.9 Å². The Labute approximate surface area is 267 Å². The molecule has 9 nitrogen and oxygen atoms in total. The highest BCUT2D eigenvalue weighted by molar-refractivity contribution is 7.89. The van der Waals surface area contributed by atoms with Gasteiger partial charge in [0.1, 0.15) is 0 Å². The van der Waals surface area contributed by atoms with Crippen LogP contribution in [0.3, 0.4) is 0 Å². The summed E-state index contributed by atoms with van der Waals surface area (Å²) in [6.45, 7) is 5.59. The maximum Gasteiger partial charge on any atom is 0.225 e. The van der Waals surface area contributed by atoms with E-state index in [0.717, 1.165) is 64.2 Å². The molecular formula is C34H60N4O5S. The first-order valence-corrected chi connectivity index (χ1v) is 19.1. The lowest BCUT2D eigenvalue weighted by atomic mass is 9.74. The number of hydrogen-bond acceptors (Lipinski definition) is 6. The molecule has 5 atom stereocenters. The Morgan fingerprint density at radius 2 is 1.48 bits per heavy atom. The molecule has 44 heavy (non-hydrogen) atoms. The molecule has 0 saturated heterocycles. The average Bonchev–Trinajstić information content (AvgIpc) is 3.00. The molecule has 3 aliphatic rings. The van der Waals surface area contributed by atoms with Gasteiger partial charge >= 0.3 is 0 Å². The molecule has 3 N–H and O–H groups in total. The van der Waals surface area contributed by atoms with Gasteiger partial charge < -0.3 is 15.3 Å². The number of carbonyl (C=O) groups is 2. The number of amides is 2. The van der Waals surface area contributed by atoms with E-state index in [9.17, 15) is 23.1 Å². The SMILES string of the molecule is C#CC1CC(C(=O)NC(CC2CCCCC2)C(O)CN(C)NS(=O)(=O)CC2CCCCC2)CC(C(=O)N(CCC)CCC)C1. The number of aliphatic hydroxyl groups is 1. The number of nitrogens with one attached hydrogen (secondary N) is 2. The van der Waals surface area contributed by atoms with Crippen molar-refractivity contribution in [1.29, 1.82) is 0 Å². The lowest BCUT2D eigenvalue weighted by molar-refractivity contribution is -0.139. The number of hydrazine groups is 1. The second kappa shape index (κ2) is 18.5. The summed E-state index contributed by atoms with van der Waals surface area (Å²) in [5.74, 6) is 2.57. The van der Waals surface area contributed by atoms with Gasteiger partial charge in [-0.2, -0.15) is 0 Å².